The fourth-order valence-electron chi connectivity index (χ4n) is 2.37. The molecule has 108 valence electrons. The van der Waals surface area contributed by atoms with Gasteiger partial charge in [-0.1, -0.05) is 45.0 Å². The molecule has 2 N–H and O–H groups in total. The molecular formula is C18H19FN2. The molecule has 0 aliphatic heterocycles. The average Bonchev–Trinajstić information content (AvgIpc) is 2.86. The molecule has 0 aliphatic carbocycles. The molecule has 0 saturated heterocycles. The molecule has 3 rings (SSSR count). The number of benzene rings is 2. The third-order valence-electron chi connectivity index (χ3n) is 3.61. The summed E-state index contributed by atoms with van der Waals surface area (Å²) in [5.74, 6) is -0.253. The first-order chi connectivity index (χ1) is 9.95. The Morgan fingerprint density at radius 2 is 1.67 bits per heavy atom. The van der Waals surface area contributed by atoms with E-state index < -0.39 is 0 Å². The van der Waals surface area contributed by atoms with Gasteiger partial charge in [0.05, 0.1) is 16.9 Å². The zero-order valence-electron chi connectivity index (χ0n) is 12.5. The van der Waals surface area contributed by atoms with Gasteiger partial charge in [0.15, 0.2) is 0 Å². The van der Waals surface area contributed by atoms with E-state index in [1.54, 1.807) is 12.1 Å². The molecule has 3 aromatic rings. The van der Waals surface area contributed by atoms with Crippen LogP contribution in [0.4, 0.5) is 15.8 Å². The summed E-state index contributed by atoms with van der Waals surface area (Å²) in [5, 5.41) is 4.30. The third-order valence-corrected chi connectivity index (χ3v) is 3.61. The Morgan fingerprint density at radius 3 is 2.38 bits per heavy atom. The summed E-state index contributed by atoms with van der Waals surface area (Å²) in [6, 6.07) is 14.9. The number of hydrogen-bond donors (Lipinski definition) is 2. The number of nitrogens with one attached hydrogen (secondary N) is 2. The first-order valence-corrected chi connectivity index (χ1v) is 7.09. The van der Waals surface area contributed by atoms with Crippen LogP contribution in [0.1, 0.15) is 26.5 Å². The Balaban J connectivity index is 2.07. The van der Waals surface area contributed by atoms with Crippen LogP contribution in [0.25, 0.3) is 10.9 Å². The van der Waals surface area contributed by atoms with E-state index in [9.17, 15) is 4.39 Å². The van der Waals surface area contributed by atoms with Gasteiger partial charge in [0.2, 0.25) is 0 Å². The molecule has 0 atom stereocenters. The minimum Gasteiger partial charge on any atom is -0.356 e. The van der Waals surface area contributed by atoms with Crippen molar-refractivity contribution in [1.29, 1.82) is 0 Å². The monoisotopic (exact) mass is 282 g/mol. The summed E-state index contributed by atoms with van der Waals surface area (Å²) in [6.07, 6.45) is 0. The number of fused-ring (bicyclic) bond motifs is 1. The van der Waals surface area contributed by atoms with Crippen molar-refractivity contribution in [3.05, 3.63) is 60.0 Å². The van der Waals surface area contributed by atoms with Crippen molar-refractivity contribution in [3.63, 3.8) is 0 Å². The number of rotatable bonds is 2. The van der Waals surface area contributed by atoms with Gasteiger partial charge in [0.25, 0.3) is 0 Å². The minimum atomic E-state index is -0.253. The minimum absolute atomic E-state index is 0.0499. The lowest BCUT2D eigenvalue weighted by Crippen LogP contribution is -2.11. The highest BCUT2D eigenvalue weighted by Crippen LogP contribution is 2.31. The van der Waals surface area contributed by atoms with E-state index in [-0.39, 0.29) is 11.2 Å². The Kier molecular flexibility index (Phi) is 3.20. The number of aromatic amines is 1. The predicted octanol–water partition coefficient (Wildman–Crippen LogP) is 5.35. The molecule has 0 radical (unpaired) electrons. The van der Waals surface area contributed by atoms with E-state index >= 15 is 0 Å². The maximum absolute atomic E-state index is 13.8. The van der Waals surface area contributed by atoms with Crippen LogP contribution in [-0.4, -0.2) is 4.98 Å². The molecule has 21 heavy (non-hydrogen) atoms. The molecule has 1 aromatic heterocycles. The van der Waals surface area contributed by atoms with Crippen molar-refractivity contribution < 1.29 is 4.39 Å². The zero-order chi connectivity index (χ0) is 15.0. The predicted molar refractivity (Wildman–Crippen MR) is 86.7 cm³/mol. The number of halogens is 1. The van der Waals surface area contributed by atoms with Crippen molar-refractivity contribution in [3.8, 4) is 0 Å². The first kappa shape index (κ1) is 13.7. The summed E-state index contributed by atoms with van der Waals surface area (Å²) >= 11 is 0. The quantitative estimate of drug-likeness (QED) is 0.651. The largest absolute Gasteiger partial charge is 0.356 e. The molecule has 0 fully saturated rings. The number of H-pyrrole nitrogens is 1. The number of anilines is 2. The molecule has 0 aliphatic rings. The van der Waals surface area contributed by atoms with Gasteiger partial charge in [0.1, 0.15) is 5.82 Å². The van der Waals surface area contributed by atoms with Crippen LogP contribution >= 0.6 is 0 Å². The van der Waals surface area contributed by atoms with Crippen molar-refractivity contribution >= 4 is 22.3 Å². The molecule has 0 saturated carbocycles. The Hall–Kier alpha value is -2.29. The highest BCUT2D eigenvalue weighted by Gasteiger charge is 2.17. The molecule has 2 aromatic carbocycles. The molecule has 3 heteroatoms. The van der Waals surface area contributed by atoms with Crippen molar-refractivity contribution in [2.45, 2.75) is 26.2 Å². The normalized spacial score (nSPS) is 11.8. The highest BCUT2D eigenvalue weighted by molar-refractivity contribution is 5.93. The fourth-order valence-corrected chi connectivity index (χ4v) is 2.37. The lowest BCUT2D eigenvalue weighted by molar-refractivity contribution is 0.574. The van der Waals surface area contributed by atoms with Crippen molar-refractivity contribution in [2.24, 2.45) is 0 Å². The molecule has 1 heterocycles. The van der Waals surface area contributed by atoms with Crippen LogP contribution in [0.3, 0.4) is 0 Å². The average molecular weight is 282 g/mol. The maximum atomic E-state index is 13.8. The Bertz CT molecular complexity index is 781. The van der Waals surface area contributed by atoms with Gasteiger partial charge in [-0.05, 0) is 24.3 Å². The highest BCUT2D eigenvalue weighted by atomic mass is 19.1. The van der Waals surface area contributed by atoms with Gasteiger partial charge in [-0.2, -0.15) is 0 Å². The van der Waals surface area contributed by atoms with E-state index in [1.165, 1.54) is 11.8 Å². The third kappa shape index (κ3) is 2.64. The second-order valence-electron chi connectivity index (χ2n) is 6.31. The molecule has 0 bridgehead atoms. The van der Waals surface area contributed by atoms with E-state index in [0.29, 0.717) is 5.69 Å². The Morgan fingerprint density at radius 1 is 0.952 bits per heavy atom. The Labute approximate surface area is 124 Å². The van der Waals surface area contributed by atoms with Gasteiger partial charge >= 0.3 is 0 Å². The van der Waals surface area contributed by atoms with Crippen molar-refractivity contribution in [1.82, 2.24) is 4.98 Å². The molecular weight excluding hydrogens is 263 g/mol. The molecule has 0 spiro atoms. The smallest absolute Gasteiger partial charge is 0.146 e. The van der Waals surface area contributed by atoms with Crippen LogP contribution in [-0.2, 0) is 5.41 Å². The summed E-state index contributed by atoms with van der Waals surface area (Å²) in [4.78, 5) is 3.46. The summed E-state index contributed by atoms with van der Waals surface area (Å²) < 4.78 is 13.8. The second kappa shape index (κ2) is 4.92. The van der Waals surface area contributed by atoms with E-state index in [4.69, 9.17) is 0 Å². The second-order valence-corrected chi connectivity index (χ2v) is 6.31. The fraction of sp³-hybridized carbons (Fsp3) is 0.222. The number of aromatic nitrogens is 1. The molecule has 0 unspecified atom stereocenters. The SMILES string of the molecule is CC(C)(C)c1cc2cccc(Nc3ccccc3F)c2[nH]1. The molecule has 0 amide bonds. The topological polar surface area (TPSA) is 27.8 Å². The van der Waals surface area contributed by atoms with Crippen LogP contribution in [0, 0.1) is 5.82 Å². The lowest BCUT2D eigenvalue weighted by Gasteiger charge is -2.15. The summed E-state index contributed by atoms with van der Waals surface area (Å²) in [7, 11) is 0. The summed E-state index contributed by atoms with van der Waals surface area (Å²) in [5.41, 5.74) is 3.59. The standard InChI is InChI=1S/C18H19FN2/c1-18(2,3)16-11-12-7-6-10-15(17(12)21-16)20-14-9-5-4-8-13(14)19/h4-11,20-21H,1-3H3. The van der Waals surface area contributed by atoms with Crippen LogP contribution < -0.4 is 5.32 Å². The van der Waals surface area contributed by atoms with E-state index in [1.807, 2.05) is 18.2 Å². The van der Waals surface area contributed by atoms with E-state index in [0.717, 1.165) is 16.6 Å². The van der Waals surface area contributed by atoms with Gasteiger partial charge in [0, 0.05) is 16.5 Å². The van der Waals surface area contributed by atoms with Gasteiger partial charge in [-0.25, -0.2) is 4.39 Å². The van der Waals surface area contributed by atoms with Crippen LogP contribution in [0.5, 0.6) is 0 Å². The number of hydrogen-bond acceptors (Lipinski definition) is 1. The maximum Gasteiger partial charge on any atom is 0.146 e. The van der Waals surface area contributed by atoms with Crippen LogP contribution in [0.15, 0.2) is 48.5 Å². The first-order valence-electron chi connectivity index (χ1n) is 7.09. The lowest BCUT2D eigenvalue weighted by atomic mass is 9.92. The van der Waals surface area contributed by atoms with Gasteiger partial charge < -0.3 is 10.3 Å². The van der Waals surface area contributed by atoms with E-state index in [2.05, 4.69) is 43.2 Å². The van der Waals surface area contributed by atoms with Gasteiger partial charge in [-0.15, -0.1) is 0 Å². The van der Waals surface area contributed by atoms with Gasteiger partial charge in [-0.3, -0.25) is 0 Å². The summed E-state index contributed by atoms with van der Waals surface area (Å²) in [6.45, 7) is 6.50. The van der Waals surface area contributed by atoms with Crippen LogP contribution in [0.2, 0.25) is 0 Å². The van der Waals surface area contributed by atoms with Crippen molar-refractivity contribution in [2.75, 3.05) is 5.32 Å². The number of para-hydroxylation sites is 2. The molecule has 2 nitrogen and oxygen atoms in total. The zero-order valence-corrected chi connectivity index (χ0v) is 12.5.